The second-order valence-corrected chi connectivity index (χ2v) is 11.4. The Balaban J connectivity index is 1.17. The molecule has 3 aromatic rings. The van der Waals surface area contributed by atoms with Crippen LogP contribution >= 0.6 is 11.3 Å². The molecule has 7 heteroatoms. The highest BCUT2D eigenvalue weighted by Gasteiger charge is 2.16. The predicted molar refractivity (Wildman–Crippen MR) is 150 cm³/mol. The zero-order valence-electron chi connectivity index (χ0n) is 21.7. The Kier molecular flexibility index (Phi) is 9.08. The van der Waals surface area contributed by atoms with Crippen molar-refractivity contribution in [3.63, 3.8) is 0 Å². The van der Waals surface area contributed by atoms with Crippen LogP contribution in [0.1, 0.15) is 72.1 Å². The highest BCUT2D eigenvalue weighted by molar-refractivity contribution is 7.25. The molecule has 37 heavy (non-hydrogen) atoms. The maximum atomic E-state index is 12.7. The summed E-state index contributed by atoms with van der Waals surface area (Å²) in [4.78, 5) is 30.4. The van der Waals surface area contributed by atoms with Crippen LogP contribution in [-0.4, -0.2) is 74.2 Å². The van der Waals surface area contributed by atoms with Crippen LogP contribution in [0.2, 0.25) is 0 Å². The van der Waals surface area contributed by atoms with E-state index in [1.807, 2.05) is 36.4 Å². The second-order valence-electron chi connectivity index (χ2n) is 10.3. The van der Waals surface area contributed by atoms with E-state index >= 15 is 0 Å². The molecule has 2 aliphatic rings. The van der Waals surface area contributed by atoms with Gasteiger partial charge in [-0.05, 0) is 101 Å². The van der Waals surface area contributed by atoms with Crippen molar-refractivity contribution in [1.82, 2.24) is 9.80 Å². The number of fused-ring (bicyclic) bond motifs is 3. The molecule has 3 heterocycles. The van der Waals surface area contributed by atoms with Crippen LogP contribution in [0.15, 0.2) is 36.4 Å². The minimum atomic E-state index is -0.288. The Bertz CT molecular complexity index is 1120. The molecule has 198 valence electrons. The number of carbonyl (C=O) groups is 2. The monoisotopic (exact) mass is 522 g/mol. The van der Waals surface area contributed by atoms with Crippen molar-refractivity contribution in [2.45, 2.75) is 51.4 Å². The van der Waals surface area contributed by atoms with Gasteiger partial charge in [0.1, 0.15) is 0 Å². The minimum absolute atomic E-state index is 0.288. The predicted octanol–water partition coefficient (Wildman–Crippen LogP) is 6.12. The Labute approximate surface area is 223 Å². The Hall–Kier alpha value is -2.48. The number of hydrogen-bond acceptors (Lipinski definition) is 7. The number of thiophene rings is 1. The summed E-state index contributed by atoms with van der Waals surface area (Å²) in [6.07, 6.45) is 9.45. The number of rotatable bonds is 10. The third-order valence-electron chi connectivity index (χ3n) is 7.54. The largest absolute Gasteiger partial charge is 0.462 e. The first-order valence-electron chi connectivity index (χ1n) is 13.9. The third kappa shape index (κ3) is 6.89. The number of esters is 2. The smallest absolute Gasteiger partial charge is 0.338 e. The molecule has 0 aliphatic carbocycles. The number of nitrogens with zero attached hydrogens (tertiary/aromatic N) is 2. The summed E-state index contributed by atoms with van der Waals surface area (Å²) in [6, 6.07) is 11.4. The molecule has 0 bridgehead atoms. The van der Waals surface area contributed by atoms with Crippen LogP contribution < -0.4 is 0 Å². The van der Waals surface area contributed by atoms with Gasteiger partial charge in [-0.15, -0.1) is 11.3 Å². The van der Waals surface area contributed by atoms with E-state index in [-0.39, 0.29) is 11.9 Å². The molecular weight excluding hydrogens is 484 g/mol. The fourth-order valence-electron chi connectivity index (χ4n) is 5.47. The van der Waals surface area contributed by atoms with Crippen LogP contribution in [0.25, 0.3) is 20.2 Å². The summed E-state index contributed by atoms with van der Waals surface area (Å²) >= 11 is 1.66. The normalized spacial score (nSPS) is 17.3. The maximum Gasteiger partial charge on any atom is 0.338 e. The summed E-state index contributed by atoms with van der Waals surface area (Å²) in [5.41, 5.74) is 1.10. The van der Waals surface area contributed by atoms with E-state index < -0.39 is 0 Å². The van der Waals surface area contributed by atoms with Crippen LogP contribution in [-0.2, 0) is 9.47 Å². The SMILES string of the molecule is O=C(OCCCN1CCCCC1)c1ccc2sc3ccc(C(=O)OCCCN4CCCCC4)cc3c2c1. The minimum Gasteiger partial charge on any atom is -0.462 e. The summed E-state index contributed by atoms with van der Waals surface area (Å²) in [5.74, 6) is -0.576. The van der Waals surface area contributed by atoms with Crippen LogP contribution in [0.4, 0.5) is 0 Å². The first-order valence-corrected chi connectivity index (χ1v) is 14.7. The summed E-state index contributed by atoms with van der Waals surface area (Å²) in [7, 11) is 0. The number of carbonyl (C=O) groups excluding carboxylic acids is 2. The van der Waals surface area contributed by atoms with Gasteiger partial charge in [0, 0.05) is 33.3 Å². The van der Waals surface area contributed by atoms with Gasteiger partial charge in [-0.25, -0.2) is 9.59 Å². The van der Waals surface area contributed by atoms with Crippen molar-refractivity contribution in [1.29, 1.82) is 0 Å². The molecular formula is C30H38N2O4S. The molecule has 2 aliphatic heterocycles. The van der Waals surface area contributed by atoms with E-state index in [1.54, 1.807) is 11.3 Å². The molecule has 0 N–H and O–H groups in total. The summed E-state index contributed by atoms with van der Waals surface area (Å²) in [5, 5.41) is 1.95. The quantitative estimate of drug-likeness (QED) is 0.236. The standard InChI is InChI=1S/C30H38N2O4S/c33-29(35-19-7-17-31-13-3-1-4-14-31)23-9-11-27-25(21-23)26-22-24(10-12-28(26)37-27)30(34)36-20-8-18-32-15-5-2-6-16-32/h9-12,21-22H,1-8,13-20H2. The van der Waals surface area contributed by atoms with Crippen molar-refractivity contribution in [3.05, 3.63) is 47.5 Å². The van der Waals surface area contributed by atoms with Crippen molar-refractivity contribution in [3.8, 4) is 0 Å². The average Bonchev–Trinajstić information content (AvgIpc) is 3.31. The summed E-state index contributed by atoms with van der Waals surface area (Å²) in [6.45, 7) is 7.47. The number of benzene rings is 2. The molecule has 2 saturated heterocycles. The van der Waals surface area contributed by atoms with E-state index in [9.17, 15) is 9.59 Å². The fraction of sp³-hybridized carbons (Fsp3) is 0.533. The zero-order chi connectivity index (χ0) is 25.5. The molecule has 1 aromatic heterocycles. The van der Waals surface area contributed by atoms with Gasteiger partial charge in [0.05, 0.1) is 24.3 Å². The molecule has 2 fully saturated rings. The van der Waals surface area contributed by atoms with Gasteiger partial charge in [0.15, 0.2) is 0 Å². The second kappa shape index (κ2) is 12.9. The van der Waals surface area contributed by atoms with Crippen LogP contribution in [0, 0.1) is 0 Å². The third-order valence-corrected chi connectivity index (χ3v) is 8.69. The average molecular weight is 523 g/mol. The summed E-state index contributed by atoms with van der Waals surface area (Å²) < 4.78 is 13.3. The van der Waals surface area contributed by atoms with E-state index in [1.165, 1.54) is 38.5 Å². The molecule has 0 amide bonds. The highest BCUT2D eigenvalue weighted by atomic mass is 32.1. The van der Waals surface area contributed by atoms with Gasteiger partial charge in [-0.2, -0.15) is 0 Å². The van der Waals surface area contributed by atoms with Gasteiger partial charge >= 0.3 is 11.9 Å². The molecule has 0 atom stereocenters. The number of piperidine rings is 2. The Morgan fingerprint density at radius 3 is 1.51 bits per heavy atom. The number of likely N-dealkylation sites (tertiary alicyclic amines) is 2. The molecule has 0 unspecified atom stereocenters. The van der Waals surface area contributed by atoms with Gasteiger partial charge in [0.25, 0.3) is 0 Å². The number of hydrogen-bond donors (Lipinski definition) is 0. The first-order chi connectivity index (χ1) is 18.2. The van der Waals surface area contributed by atoms with Crippen molar-refractivity contribution in [2.24, 2.45) is 0 Å². The lowest BCUT2D eigenvalue weighted by atomic mass is 10.1. The molecule has 0 radical (unpaired) electrons. The zero-order valence-corrected chi connectivity index (χ0v) is 22.5. The lowest BCUT2D eigenvalue weighted by Gasteiger charge is -2.26. The molecule has 6 nitrogen and oxygen atoms in total. The van der Waals surface area contributed by atoms with Crippen LogP contribution in [0.5, 0.6) is 0 Å². The molecule has 5 rings (SSSR count). The highest BCUT2D eigenvalue weighted by Crippen LogP contribution is 2.35. The molecule has 0 spiro atoms. The lowest BCUT2D eigenvalue weighted by molar-refractivity contribution is 0.0476. The van der Waals surface area contributed by atoms with Crippen LogP contribution in [0.3, 0.4) is 0 Å². The Morgan fingerprint density at radius 1 is 0.649 bits per heavy atom. The molecule has 0 saturated carbocycles. The van der Waals surface area contributed by atoms with E-state index in [0.717, 1.165) is 72.3 Å². The van der Waals surface area contributed by atoms with Crippen molar-refractivity contribution >= 4 is 43.4 Å². The number of ether oxygens (including phenoxy) is 2. The van der Waals surface area contributed by atoms with Gasteiger partial charge in [0.2, 0.25) is 0 Å². The van der Waals surface area contributed by atoms with Gasteiger partial charge < -0.3 is 19.3 Å². The Morgan fingerprint density at radius 2 is 1.08 bits per heavy atom. The lowest BCUT2D eigenvalue weighted by Crippen LogP contribution is -2.31. The van der Waals surface area contributed by atoms with Crippen molar-refractivity contribution < 1.29 is 19.1 Å². The van der Waals surface area contributed by atoms with E-state index in [4.69, 9.17) is 9.47 Å². The van der Waals surface area contributed by atoms with E-state index in [0.29, 0.717) is 24.3 Å². The maximum absolute atomic E-state index is 12.7. The first kappa shape index (κ1) is 26.1. The topological polar surface area (TPSA) is 59.1 Å². The fourth-order valence-corrected chi connectivity index (χ4v) is 6.54. The van der Waals surface area contributed by atoms with Gasteiger partial charge in [-0.3, -0.25) is 0 Å². The van der Waals surface area contributed by atoms with E-state index in [2.05, 4.69) is 9.80 Å². The molecule has 2 aromatic carbocycles. The van der Waals surface area contributed by atoms with Crippen molar-refractivity contribution in [2.75, 3.05) is 52.5 Å². The van der Waals surface area contributed by atoms with Gasteiger partial charge in [-0.1, -0.05) is 12.8 Å².